The molecular weight excluding hydrogens is 221 g/mol. The molecule has 0 fully saturated rings. The Morgan fingerprint density at radius 3 is 2.65 bits per heavy atom. The normalized spacial score (nSPS) is 10.5. The van der Waals surface area contributed by atoms with E-state index in [2.05, 4.69) is 5.10 Å². The molecule has 17 heavy (non-hydrogen) atoms. The molecule has 4 nitrogen and oxygen atoms in total. The highest BCUT2D eigenvalue weighted by molar-refractivity contribution is 5.95. The van der Waals surface area contributed by atoms with Crippen molar-refractivity contribution in [2.75, 3.05) is 0 Å². The van der Waals surface area contributed by atoms with E-state index < -0.39 is 0 Å². The lowest BCUT2D eigenvalue weighted by atomic mass is 10.1. The number of nitrogens with zero attached hydrogens (tertiary/aromatic N) is 2. The first-order valence-corrected chi connectivity index (χ1v) is 5.19. The first-order valence-electron chi connectivity index (χ1n) is 5.19. The Morgan fingerprint density at radius 1 is 1.35 bits per heavy atom. The van der Waals surface area contributed by atoms with E-state index in [1.54, 1.807) is 12.4 Å². The Hall–Kier alpha value is -2.01. The summed E-state index contributed by atoms with van der Waals surface area (Å²) < 4.78 is 14.2. The van der Waals surface area contributed by atoms with Gasteiger partial charge in [0, 0.05) is 23.9 Å². The van der Waals surface area contributed by atoms with Crippen LogP contribution < -0.4 is 5.73 Å². The number of hydrogen-bond donors (Lipinski definition) is 1. The number of halogens is 1. The summed E-state index contributed by atoms with van der Waals surface area (Å²) in [5, 5.41) is 4.01. The van der Waals surface area contributed by atoms with Crippen LogP contribution in [0, 0.1) is 5.82 Å². The number of carbonyl (C=O) groups is 1. The summed E-state index contributed by atoms with van der Waals surface area (Å²) in [5.41, 5.74) is 6.78. The van der Waals surface area contributed by atoms with E-state index in [0.717, 1.165) is 5.56 Å². The molecule has 2 aromatic rings. The largest absolute Gasteiger partial charge is 0.326 e. The molecule has 0 radical (unpaired) electrons. The quantitative estimate of drug-likeness (QED) is 0.811. The lowest BCUT2D eigenvalue weighted by Gasteiger charge is -2.01. The van der Waals surface area contributed by atoms with Gasteiger partial charge in [0.25, 0.3) is 0 Å². The molecule has 1 heterocycles. The van der Waals surface area contributed by atoms with Gasteiger partial charge < -0.3 is 5.73 Å². The minimum absolute atomic E-state index is 0.114. The average molecular weight is 233 g/mol. The summed E-state index contributed by atoms with van der Waals surface area (Å²) in [4.78, 5) is 11.8. The molecule has 0 amide bonds. The Morgan fingerprint density at radius 2 is 2.06 bits per heavy atom. The van der Waals surface area contributed by atoms with Gasteiger partial charge in [0.2, 0.25) is 0 Å². The standard InChI is InChI=1S/C12H12FN3O/c13-11-3-1-10(2-4-11)12(17)8-16-7-9(5-14)6-15-16/h1-4,6-7H,5,8,14H2. The maximum Gasteiger partial charge on any atom is 0.184 e. The number of rotatable bonds is 4. The van der Waals surface area contributed by atoms with Crippen LogP contribution >= 0.6 is 0 Å². The van der Waals surface area contributed by atoms with Crippen LogP contribution in [0.4, 0.5) is 4.39 Å². The van der Waals surface area contributed by atoms with Gasteiger partial charge in [-0.15, -0.1) is 0 Å². The van der Waals surface area contributed by atoms with Gasteiger partial charge in [0.15, 0.2) is 5.78 Å². The number of ketones is 1. The molecule has 88 valence electrons. The van der Waals surface area contributed by atoms with E-state index >= 15 is 0 Å². The molecule has 0 spiro atoms. The summed E-state index contributed by atoms with van der Waals surface area (Å²) >= 11 is 0. The van der Waals surface area contributed by atoms with Gasteiger partial charge >= 0.3 is 0 Å². The smallest absolute Gasteiger partial charge is 0.184 e. The summed E-state index contributed by atoms with van der Waals surface area (Å²) in [5.74, 6) is -0.470. The maximum absolute atomic E-state index is 12.7. The first kappa shape index (κ1) is 11.5. The number of nitrogens with two attached hydrogens (primary N) is 1. The fourth-order valence-electron chi connectivity index (χ4n) is 1.47. The second kappa shape index (κ2) is 4.88. The van der Waals surface area contributed by atoms with E-state index in [4.69, 9.17) is 5.73 Å². The highest BCUT2D eigenvalue weighted by Crippen LogP contribution is 2.05. The van der Waals surface area contributed by atoms with E-state index in [-0.39, 0.29) is 18.1 Å². The van der Waals surface area contributed by atoms with Crippen molar-refractivity contribution in [2.45, 2.75) is 13.1 Å². The zero-order chi connectivity index (χ0) is 12.3. The molecule has 0 saturated carbocycles. The van der Waals surface area contributed by atoms with Gasteiger partial charge in [-0.3, -0.25) is 9.48 Å². The number of carbonyl (C=O) groups excluding carboxylic acids is 1. The molecule has 0 aliphatic rings. The van der Waals surface area contributed by atoms with Gasteiger partial charge in [-0.05, 0) is 24.3 Å². The van der Waals surface area contributed by atoms with E-state index in [1.807, 2.05) is 0 Å². The van der Waals surface area contributed by atoms with Crippen LogP contribution in [-0.4, -0.2) is 15.6 Å². The number of hydrogen-bond acceptors (Lipinski definition) is 3. The van der Waals surface area contributed by atoms with Gasteiger partial charge in [-0.25, -0.2) is 4.39 Å². The van der Waals surface area contributed by atoms with Crippen molar-refractivity contribution in [1.82, 2.24) is 9.78 Å². The van der Waals surface area contributed by atoms with Gasteiger partial charge in [-0.1, -0.05) is 0 Å². The molecule has 0 atom stereocenters. The lowest BCUT2D eigenvalue weighted by Crippen LogP contribution is -2.10. The summed E-state index contributed by atoms with van der Waals surface area (Å²) in [6.07, 6.45) is 3.35. The van der Waals surface area contributed by atoms with Crippen LogP contribution in [0.3, 0.4) is 0 Å². The van der Waals surface area contributed by atoms with E-state index in [1.165, 1.54) is 28.9 Å². The van der Waals surface area contributed by atoms with Crippen molar-refractivity contribution in [3.8, 4) is 0 Å². The predicted molar refractivity (Wildman–Crippen MR) is 60.8 cm³/mol. The molecule has 5 heteroatoms. The van der Waals surface area contributed by atoms with Crippen molar-refractivity contribution in [3.63, 3.8) is 0 Å². The van der Waals surface area contributed by atoms with Crippen LogP contribution in [0.2, 0.25) is 0 Å². The van der Waals surface area contributed by atoms with Crippen LogP contribution in [0.25, 0.3) is 0 Å². The van der Waals surface area contributed by atoms with Crippen molar-refractivity contribution in [1.29, 1.82) is 0 Å². The van der Waals surface area contributed by atoms with Crippen LogP contribution in [0.5, 0.6) is 0 Å². The van der Waals surface area contributed by atoms with Crippen molar-refractivity contribution < 1.29 is 9.18 Å². The van der Waals surface area contributed by atoms with Crippen LogP contribution in [-0.2, 0) is 13.1 Å². The molecule has 2 rings (SSSR count). The fourth-order valence-corrected chi connectivity index (χ4v) is 1.47. The van der Waals surface area contributed by atoms with E-state index in [0.29, 0.717) is 12.1 Å². The summed E-state index contributed by atoms with van der Waals surface area (Å²) in [7, 11) is 0. The molecular formula is C12H12FN3O. The second-order valence-electron chi connectivity index (χ2n) is 3.68. The van der Waals surface area contributed by atoms with Crippen molar-refractivity contribution >= 4 is 5.78 Å². The van der Waals surface area contributed by atoms with Crippen LogP contribution in [0.1, 0.15) is 15.9 Å². The van der Waals surface area contributed by atoms with E-state index in [9.17, 15) is 9.18 Å². The highest BCUT2D eigenvalue weighted by atomic mass is 19.1. The van der Waals surface area contributed by atoms with Gasteiger partial charge in [-0.2, -0.15) is 5.10 Å². The Bertz CT molecular complexity index is 519. The van der Waals surface area contributed by atoms with Crippen LogP contribution in [0.15, 0.2) is 36.7 Å². The molecule has 1 aromatic heterocycles. The minimum Gasteiger partial charge on any atom is -0.326 e. The number of aromatic nitrogens is 2. The minimum atomic E-state index is -0.356. The van der Waals surface area contributed by atoms with Gasteiger partial charge in [0.05, 0.1) is 6.20 Å². The average Bonchev–Trinajstić information content (AvgIpc) is 2.77. The zero-order valence-corrected chi connectivity index (χ0v) is 9.14. The molecule has 0 bridgehead atoms. The Balaban J connectivity index is 2.08. The zero-order valence-electron chi connectivity index (χ0n) is 9.14. The number of benzene rings is 1. The molecule has 0 aliphatic heterocycles. The molecule has 1 aromatic carbocycles. The molecule has 2 N–H and O–H groups in total. The topological polar surface area (TPSA) is 60.9 Å². The molecule has 0 saturated heterocycles. The molecule has 0 aliphatic carbocycles. The second-order valence-corrected chi connectivity index (χ2v) is 3.68. The predicted octanol–water partition coefficient (Wildman–Crippen LogP) is 1.36. The Kier molecular flexibility index (Phi) is 3.30. The number of Topliss-reactive ketones (excluding diaryl/α,β-unsaturated/α-hetero) is 1. The SMILES string of the molecule is NCc1cnn(CC(=O)c2ccc(F)cc2)c1. The monoisotopic (exact) mass is 233 g/mol. The first-order chi connectivity index (χ1) is 8.19. The van der Waals surface area contributed by atoms with Gasteiger partial charge in [0.1, 0.15) is 12.4 Å². The summed E-state index contributed by atoms with van der Waals surface area (Å²) in [6.45, 7) is 0.524. The third-order valence-corrected chi connectivity index (χ3v) is 2.39. The third kappa shape index (κ3) is 2.76. The fraction of sp³-hybridized carbons (Fsp3) is 0.167. The third-order valence-electron chi connectivity index (χ3n) is 2.39. The Labute approximate surface area is 97.9 Å². The summed E-state index contributed by atoms with van der Waals surface area (Å²) in [6, 6.07) is 5.46. The maximum atomic E-state index is 12.7. The molecule has 0 unspecified atom stereocenters. The lowest BCUT2D eigenvalue weighted by molar-refractivity contribution is 0.0967. The van der Waals surface area contributed by atoms with Crippen molar-refractivity contribution in [3.05, 3.63) is 53.6 Å². The highest BCUT2D eigenvalue weighted by Gasteiger charge is 2.07. The van der Waals surface area contributed by atoms with Crippen molar-refractivity contribution in [2.24, 2.45) is 5.73 Å².